The first kappa shape index (κ1) is 13.7. The molecule has 0 unspecified atom stereocenters. The molecule has 1 aromatic carbocycles. The van der Waals surface area contributed by atoms with Gasteiger partial charge in [-0.3, -0.25) is 0 Å². The van der Waals surface area contributed by atoms with Gasteiger partial charge in [0.25, 0.3) is 0 Å². The predicted molar refractivity (Wildman–Crippen MR) is 78.3 cm³/mol. The maximum Gasteiger partial charge on any atom is 0.147 e. The van der Waals surface area contributed by atoms with Gasteiger partial charge in [-0.05, 0) is 34.5 Å². The molecule has 2 N–H and O–H groups in total. The first-order chi connectivity index (χ1) is 9.17. The molecule has 0 aliphatic carbocycles. The summed E-state index contributed by atoms with van der Waals surface area (Å²) in [5, 5.41) is 6.03. The van der Waals surface area contributed by atoms with Gasteiger partial charge in [0.15, 0.2) is 0 Å². The Hall–Kier alpha value is -1.69. The topological polar surface area (TPSA) is 49.8 Å². The third-order valence-corrected chi connectivity index (χ3v) is 3.40. The molecule has 0 spiro atoms. The summed E-state index contributed by atoms with van der Waals surface area (Å²) in [6.45, 7) is 2.00. The monoisotopic (exact) mass is 324 g/mol. The summed E-state index contributed by atoms with van der Waals surface area (Å²) in [5.41, 5.74) is 1.29. The summed E-state index contributed by atoms with van der Waals surface area (Å²) in [6, 6.07) is 4.82. The van der Waals surface area contributed by atoms with Crippen molar-refractivity contribution in [1.29, 1.82) is 0 Å². The van der Waals surface area contributed by atoms with Gasteiger partial charge in [-0.2, -0.15) is 0 Å². The second kappa shape index (κ2) is 5.97. The molecule has 0 bridgehead atoms. The van der Waals surface area contributed by atoms with E-state index in [0.29, 0.717) is 16.0 Å². The molecule has 0 saturated carbocycles. The minimum Gasteiger partial charge on any atom is -0.373 e. The molecule has 0 atom stereocenters. The molecule has 4 nitrogen and oxygen atoms in total. The summed E-state index contributed by atoms with van der Waals surface area (Å²) >= 11 is 3.33. The third kappa shape index (κ3) is 2.84. The van der Waals surface area contributed by atoms with E-state index in [0.717, 1.165) is 17.8 Å². The Bertz CT molecular complexity index is 569. The van der Waals surface area contributed by atoms with Crippen LogP contribution in [-0.4, -0.2) is 17.0 Å². The maximum atomic E-state index is 13.8. The van der Waals surface area contributed by atoms with Crippen LogP contribution in [0.3, 0.4) is 0 Å². The SMILES string of the molecule is CCc1c(NC)ncnc1Nc1c(F)cccc1Br. The highest BCUT2D eigenvalue weighted by atomic mass is 79.9. The summed E-state index contributed by atoms with van der Waals surface area (Å²) < 4.78 is 14.5. The smallest absolute Gasteiger partial charge is 0.147 e. The van der Waals surface area contributed by atoms with Crippen molar-refractivity contribution in [2.75, 3.05) is 17.7 Å². The van der Waals surface area contributed by atoms with Crippen molar-refractivity contribution in [3.63, 3.8) is 0 Å². The average Bonchev–Trinajstić information content (AvgIpc) is 2.42. The lowest BCUT2D eigenvalue weighted by Gasteiger charge is -2.14. The van der Waals surface area contributed by atoms with Gasteiger partial charge in [0.2, 0.25) is 0 Å². The van der Waals surface area contributed by atoms with Crippen LogP contribution in [-0.2, 0) is 6.42 Å². The van der Waals surface area contributed by atoms with Crippen molar-refractivity contribution in [3.8, 4) is 0 Å². The van der Waals surface area contributed by atoms with Crippen LogP contribution in [0.5, 0.6) is 0 Å². The van der Waals surface area contributed by atoms with E-state index in [1.54, 1.807) is 19.2 Å². The van der Waals surface area contributed by atoms with Crippen molar-refractivity contribution in [1.82, 2.24) is 9.97 Å². The second-order valence-corrected chi connectivity index (χ2v) is 4.73. The van der Waals surface area contributed by atoms with Crippen LogP contribution in [0, 0.1) is 5.82 Å². The van der Waals surface area contributed by atoms with E-state index in [1.807, 2.05) is 6.92 Å². The number of rotatable bonds is 4. The van der Waals surface area contributed by atoms with Crippen LogP contribution in [0.2, 0.25) is 0 Å². The van der Waals surface area contributed by atoms with Gasteiger partial charge in [0, 0.05) is 17.1 Å². The van der Waals surface area contributed by atoms with Crippen molar-refractivity contribution in [2.45, 2.75) is 13.3 Å². The number of hydrogen-bond donors (Lipinski definition) is 2. The van der Waals surface area contributed by atoms with E-state index >= 15 is 0 Å². The molecule has 19 heavy (non-hydrogen) atoms. The number of benzene rings is 1. The molecule has 100 valence electrons. The zero-order valence-electron chi connectivity index (χ0n) is 10.7. The fraction of sp³-hybridized carbons (Fsp3) is 0.231. The molecule has 2 rings (SSSR count). The van der Waals surface area contributed by atoms with Crippen LogP contribution in [0.4, 0.5) is 21.7 Å². The van der Waals surface area contributed by atoms with Crippen molar-refractivity contribution in [3.05, 3.63) is 40.4 Å². The number of aromatic nitrogens is 2. The van der Waals surface area contributed by atoms with Gasteiger partial charge >= 0.3 is 0 Å². The van der Waals surface area contributed by atoms with Gasteiger partial charge in [0.05, 0.1) is 5.69 Å². The van der Waals surface area contributed by atoms with Crippen LogP contribution < -0.4 is 10.6 Å². The molecule has 0 saturated heterocycles. The Labute approximate surface area is 119 Å². The zero-order valence-corrected chi connectivity index (χ0v) is 12.3. The Kier molecular flexibility index (Phi) is 4.31. The highest BCUT2D eigenvalue weighted by Gasteiger charge is 2.12. The van der Waals surface area contributed by atoms with Gasteiger partial charge in [-0.25, -0.2) is 14.4 Å². The number of hydrogen-bond acceptors (Lipinski definition) is 4. The summed E-state index contributed by atoms with van der Waals surface area (Å²) in [7, 11) is 1.80. The van der Waals surface area contributed by atoms with Gasteiger partial charge in [-0.1, -0.05) is 13.0 Å². The molecular weight excluding hydrogens is 311 g/mol. The zero-order chi connectivity index (χ0) is 13.8. The molecule has 0 radical (unpaired) electrons. The molecular formula is C13H14BrFN4. The fourth-order valence-electron chi connectivity index (χ4n) is 1.81. The van der Waals surface area contributed by atoms with Crippen molar-refractivity contribution < 1.29 is 4.39 Å². The molecule has 1 heterocycles. The minimum absolute atomic E-state index is 0.332. The summed E-state index contributed by atoms with van der Waals surface area (Å²) in [4.78, 5) is 8.33. The van der Waals surface area contributed by atoms with Crippen LogP contribution >= 0.6 is 15.9 Å². The first-order valence-electron chi connectivity index (χ1n) is 5.90. The molecule has 1 aromatic heterocycles. The fourth-order valence-corrected chi connectivity index (χ4v) is 2.25. The maximum absolute atomic E-state index is 13.8. The summed E-state index contributed by atoms with van der Waals surface area (Å²) in [5.74, 6) is 1.01. The van der Waals surface area contributed by atoms with Gasteiger partial charge < -0.3 is 10.6 Å². The van der Waals surface area contributed by atoms with Crippen molar-refractivity contribution in [2.24, 2.45) is 0 Å². The molecule has 0 fully saturated rings. The van der Waals surface area contributed by atoms with E-state index in [2.05, 4.69) is 36.5 Å². The Morgan fingerprint density at radius 2 is 2.00 bits per heavy atom. The van der Waals surface area contributed by atoms with E-state index in [9.17, 15) is 4.39 Å². The van der Waals surface area contributed by atoms with Crippen LogP contribution in [0.15, 0.2) is 29.0 Å². The lowest BCUT2D eigenvalue weighted by atomic mass is 10.2. The highest BCUT2D eigenvalue weighted by molar-refractivity contribution is 9.10. The second-order valence-electron chi connectivity index (χ2n) is 3.87. The Balaban J connectivity index is 2.44. The Morgan fingerprint density at radius 3 is 2.63 bits per heavy atom. The number of nitrogens with one attached hydrogen (secondary N) is 2. The van der Waals surface area contributed by atoms with Crippen molar-refractivity contribution >= 4 is 33.3 Å². The largest absolute Gasteiger partial charge is 0.373 e. The lowest BCUT2D eigenvalue weighted by Crippen LogP contribution is -2.06. The van der Waals surface area contributed by atoms with E-state index in [1.165, 1.54) is 12.4 Å². The molecule has 2 aromatic rings. The molecule has 0 aliphatic rings. The predicted octanol–water partition coefficient (Wildman–Crippen LogP) is 3.73. The van der Waals surface area contributed by atoms with E-state index in [-0.39, 0.29) is 5.82 Å². The van der Waals surface area contributed by atoms with E-state index < -0.39 is 0 Å². The van der Waals surface area contributed by atoms with E-state index in [4.69, 9.17) is 0 Å². The number of nitrogens with zero attached hydrogens (tertiary/aromatic N) is 2. The number of anilines is 3. The van der Waals surface area contributed by atoms with Crippen LogP contribution in [0.1, 0.15) is 12.5 Å². The Morgan fingerprint density at radius 1 is 1.26 bits per heavy atom. The van der Waals surface area contributed by atoms with Gasteiger partial charge in [0.1, 0.15) is 23.8 Å². The first-order valence-corrected chi connectivity index (χ1v) is 6.69. The standard InChI is InChI=1S/C13H14BrFN4/c1-3-8-12(16-2)17-7-18-13(8)19-11-9(14)5-4-6-10(11)15/h4-7H,3H2,1-2H3,(H2,16,17,18,19). The minimum atomic E-state index is -0.332. The lowest BCUT2D eigenvalue weighted by molar-refractivity contribution is 0.631. The summed E-state index contributed by atoms with van der Waals surface area (Å²) in [6.07, 6.45) is 2.19. The third-order valence-electron chi connectivity index (χ3n) is 2.74. The van der Waals surface area contributed by atoms with Gasteiger partial charge in [-0.15, -0.1) is 0 Å². The molecule has 0 aliphatic heterocycles. The molecule has 6 heteroatoms. The quantitative estimate of drug-likeness (QED) is 0.899. The highest BCUT2D eigenvalue weighted by Crippen LogP contribution is 2.30. The molecule has 0 amide bonds. The normalized spacial score (nSPS) is 10.3. The number of para-hydroxylation sites is 1. The average molecular weight is 325 g/mol. The van der Waals surface area contributed by atoms with Crippen LogP contribution in [0.25, 0.3) is 0 Å². The number of halogens is 2.